The van der Waals surface area contributed by atoms with Crippen LogP contribution in [0.5, 0.6) is 5.75 Å². The molecule has 5 N–H and O–H groups in total. The number of nitrogens with one attached hydrogen (secondary N) is 1. The number of amides is 1. The van der Waals surface area contributed by atoms with Gasteiger partial charge in [-0.2, -0.15) is 0 Å². The van der Waals surface area contributed by atoms with Gasteiger partial charge in [-0.15, -0.1) is 10.2 Å². The number of nitrogens with zero attached hydrogens (tertiary/aromatic N) is 4. The van der Waals surface area contributed by atoms with Crippen molar-refractivity contribution in [2.24, 2.45) is 16.0 Å². The second-order valence-electron chi connectivity index (χ2n) is 6.98. The zero-order valence-corrected chi connectivity index (χ0v) is 16.9. The lowest BCUT2D eigenvalue weighted by atomic mass is 10.3. The van der Waals surface area contributed by atoms with E-state index in [0.29, 0.717) is 35.2 Å². The molecule has 158 valence electrons. The molecular formula is C21H27N7O2. The predicted octanol–water partition coefficient (Wildman–Crippen LogP) is 3.35. The van der Waals surface area contributed by atoms with E-state index < -0.39 is 0 Å². The van der Waals surface area contributed by atoms with E-state index in [9.17, 15) is 4.79 Å². The zero-order valence-electron chi connectivity index (χ0n) is 16.9. The Hall–Kier alpha value is -3.30. The van der Waals surface area contributed by atoms with Gasteiger partial charge in [-0.1, -0.05) is 18.7 Å². The Bertz CT molecular complexity index is 923. The first-order valence-electron chi connectivity index (χ1n) is 9.90. The minimum atomic E-state index is -0.223. The number of nitrogens with two attached hydrogens (primary N) is 2. The molecule has 3 rings (SSSR count). The average Bonchev–Trinajstić information content (AvgIpc) is 3.21. The molecule has 1 saturated heterocycles. The molecule has 1 amide bonds. The molecule has 2 aromatic rings. The number of likely N-dealkylation sites (tertiary alicyclic amines) is 1. The van der Waals surface area contributed by atoms with Gasteiger partial charge in [0.15, 0.2) is 11.6 Å². The van der Waals surface area contributed by atoms with E-state index in [-0.39, 0.29) is 24.7 Å². The third-order valence-corrected chi connectivity index (χ3v) is 4.52. The number of benzene rings is 1. The number of hydrogen-bond donors (Lipinski definition) is 3. The van der Waals surface area contributed by atoms with E-state index in [1.54, 1.807) is 18.2 Å². The molecule has 0 unspecified atom stereocenters. The first kappa shape index (κ1) is 21.4. The fraction of sp³-hybridized carbons (Fsp3) is 0.333. The van der Waals surface area contributed by atoms with Crippen molar-refractivity contribution in [1.82, 2.24) is 9.88 Å². The van der Waals surface area contributed by atoms with Gasteiger partial charge in [0.05, 0.1) is 6.54 Å². The number of aromatic nitrogens is 1. The van der Waals surface area contributed by atoms with Crippen molar-refractivity contribution in [2.45, 2.75) is 19.3 Å². The number of hydrogen-bond acceptors (Lipinski definition) is 8. The number of azo groups is 1. The number of para-hydroxylation sites is 1. The van der Waals surface area contributed by atoms with Crippen LogP contribution in [0.15, 0.2) is 59.0 Å². The molecule has 0 saturated carbocycles. The van der Waals surface area contributed by atoms with Crippen LogP contribution in [0, 0.1) is 0 Å². The Labute approximate surface area is 175 Å². The predicted molar refractivity (Wildman–Crippen MR) is 117 cm³/mol. The maximum absolute atomic E-state index is 11.6. The molecule has 1 aliphatic heterocycles. The van der Waals surface area contributed by atoms with Crippen LogP contribution in [0.4, 0.5) is 23.0 Å². The maximum Gasteiger partial charge on any atom is 0.226 e. The summed E-state index contributed by atoms with van der Waals surface area (Å²) in [6.45, 7) is 7.12. The van der Waals surface area contributed by atoms with Crippen molar-refractivity contribution >= 4 is 28.9 Å². The second kappa shape index (κ2) is 10.5. The first-order chi connectivity index (χ1) is 14.5. The van der Waals surface area contributed by atoms with Gasteiger partial charge in [0.1, 0.15) is 23.0 Å². The lowest BCUT2D eigenvalue weighted by Gasteiger charge is -2.17. The summed E-state index contributed by atoms with van der Waals surface area (Å²) in [7, 11) is 0. The highest BCUT2D eigenvalue weighted by molar-refractivity contribution is 5.90. The standard InChI is InChI=1S/C21H27N7O2/c1-15(14-28-12-4-5-13-28)30-18-7-3-2-6-16(18)26-27-17-8-9-19(25-21(17)23)24-20(29)10-11-22/h2-3,6-9H,1,4-5,10-14,22H2,(H3,23,24,25,29)/b27-26+. The van der Waals surface area contributed by atoms with Crippen molar-refractivity contribution in [3.8, 4) is 5.75 Å². The average molecular weight is 409 g/mol. The highest BCUT2D eigenvalue weighted by Crippen LogP contribution is 2.31. The van der Waals surface area contributed by atoms with Crippen LogP contribution < -0.4 is 21.5 Å². The summed E-state index contributed by atoms with van der Waals surface area (Å²) in [6.07, 6.45) is 2.63. The van der Waals surface area contributed by atoms with E-state index in [1.807, 2.05) is 18.2 Å². The lowest BCUT2D eigenvalue weighted by Crippen LogP contribution is -2.23. The van der Waals surface area contributed by atoms with E-state index in [4.69, 9.17) is 16.2 Å². The highest BCUT2D eigenvalue weighted by atomic mass is 16.5. The number of carbonyl (C=O) groups excluding carboxylic acids is 1. The molecule has 0 atom stereocenters. The molecule has 1 fully saturated rings. The fourth-order valence-corrected chi connectivity index (χ4v) is 3.07. The number of anilines is 2. The maximum atomic E-state index is 11.6. The molecule has 1 aromatic carbocycles. The summed E-state index contributed by atoms with van der Waals surface area (Å²) in [5.41, 5.74) is 12.3. The summed E-state index contributed by atoms with van der Waals surface area (Å²) < 4.78 is 5.92. The molecule has 0 spiro atoms. The monoisotopic (exact) mass is 409 g/mol. The number of pyridine rings is 1. The Morgan fingerprint density at radius 3 is 2.63 bits per heavy atom. The Morgan fingerprint density at radius 2 is 1.90 bits per heavy atom. The van der Waals surface area contributed by atoms with Crippen LogP contribution in [0.1, 0.15) is 19.3 Å². The number of carbonyl (C=O) groups is 1. The van der Waals surface area contributed by atoms with Crippen molar-refractivity contribution in [3.05, 3.63) is 48.7 Å². The van der Waals surface area contributed by atoms with Crippen LogP contribution in [0.25, 0.3) is 0 Å². The summed E-state index contributed by atoms with van der Waals surface area (Å²) in [4.78, 5) is 18.1. The minimum absolute atomic E-state index is 0.154. The molecule has 2 heterocycles. The SMILES string of the molecule is C=C(CN1CCCC1)Oc1ccccc1/N=N/c1ccc(NC(=O)CCN)nc1N. The lowest BCUT2D eigenvalue weighted by molar-refractivity contribution is -0.116. The largest absolute Gasteiger partial charge is 0.459 e. The van der Waals surface area contributed by atoms with Crippen molar-refractivity contribution in [1.29, 1.82) is 0 Å². The number of nitrogen functional groups attached to an aromatic ring is 1. The van der Waals surface area contributed by atoms with Gasteiger partial charge >= 0.3 is 0 Å². The minimum Gasteiger partial charge on any atom is -0.459 e. The Morgan fingerprint density at radius 1 is 1.17 bits per heavy atom. The van der Waals surface area contributed by atoms with Crippen molar-refractivity contribution < 1.29 is 9.53 Å². The third kappa shape index (κ3) is 6.10. The first-order valence-corrected chi connectivity index (χ1v) is 9.90. The number of ether oxygens (including phenoxy) is 1. The van der Waals surface area contributed by atoms with Gasteiger partial charge < -0.3 is 21.5 Å². The molecule has 1 aliphatic rings. The number of rotatable bonds is 9. The van der Waals surface area contributed by atoms with Crippen LogP contribution in [-0.2, 0) is 4.79 Å². The van der Waals surface area contributed by atoms with Crippen molar-refractivity contribution in [2.75, 3.05) is 37.2 Å². The molecule has 0 radical (unpaired) electrons. The molecule has 9 heteroatoms. The summed E-state index contributed by atoms with van der Waals surface area (Å²) in [5.74, 6) is 1.51. The molecular weight excluding hydrogens is 382 g/mol. The van der Waals surface area contributed by atoms with Gasteiger partial charge in [0.25, 0.3) is 0 Å². The normalized spacial score (nSPS) is 14.2. The van der Waals surface area contributed by atoms with Crippen LogP contribution in [0.2, 0.25) is 0 Å². The van der Waals surface area contributed by atoms with Crippen molar-refractivity contribution in [3.63, 3.8) is 0 Å². The third-order valence-electron chi connectivity index (χ3n) is 4.52. The van der Waals surface area contributed by atoms with E-state index >= 15 is 0 Å². The Balaban J connectivity index is 1.67. The van der Waals surface area contributed by atoms with E-state index in [2.05, 4.69) is 32.0 Å². The van der Waals surface area contributed by atoms with E-state index in [0.717, 1.165) is 13.1 Å². The van der Waals surface area contributed by atoms with Gasteiger partial charge in [0, 0.05) is 13.0 Å². The second-order valence-corrected chi connectivity index (χ2v) is 6.98. The quantitative estimate of drug-likeness (QED) is 0.430. The smallest absolute Gasteiger partial charge is 0.226 e. The molecule has 0 aliphatic carbocycles. The molecule has 30 heavy (non-hydrogen) atoms. The molecule has 0 bridgehead atoms. The zero-order chi connectivity index (χ0) is 21.3. The summed E-state index contributed by atoms with van der Waals surface area (Å²) >= 11 is 0. The van der Waals surface area contributed by atoms with Gasteiger partial charge in [-0.05, 0) is 50.2 Å². The molecule has 1 aromatic heterocycles. The van der Waals surface area contributed by atoms with Crippen LogP contribution in [-0.4, -0.2) is 42.0 Å². The van der Waals surface area contributed by atoms with Gasteiger partial charge in [-0.3, -0.25) is 9.69 Å². The topological polar surface area (TPSA) is 131 Å². The summed E-state index contributed by atoms with van der Waals surface area (Å²) in [5, 5.41) is 11.1. The van der Waals surface area contributed by atoms with E-state index in [1.165, 1.54) is 12.8 Å². The molecule has 9 nitrogen and oxygen atoms in total. The van der Waals surface area contributed by atoms with Gasteiger partial charge in [-0.25, -0.2) is 4.98 Å². The highest BCUT2D eigenvalue weighted by Gasteiger charge is 2.14. The van der Waals surface area contributed by atoms with Crippen LogP contribution in [0.3, 0.4) is 0 Å². The van der Waals surface area contributed by atoms with Gasteiger partial charge in [0.2, 0.25) is 5.91 Å². The van der Waals surface area contributed by atoms with Crippen LogP contribution >= 0.6 is 0 Å². The summed E-state index contributed by atoms with van der Waals surface area (Å²) in [6, 6.07) is 10.6. The fourth-order valence-electron chi connectivity index (χ4n) is 3.07. The Kier molecular flexibility index (Phi) is 7.47.